The Kier molecular flexibility index (Phi) is 2.81. The molecule has 0 spiro atoms. The number of nitrogens with one attached hydrogen (secondary N) is 1. The van der Waals surface area contributed by atoms with Gasteiger partial charge in [-0.15, -0.1) is 0 Å². The lowest BCUT2D eigenvalue weighted by Crippen LogP contribution is -2.05. The summed E-state index contributed by atoms with van der Waals surface area (Å²) in [5.41, 5.74) is 1.10. The highest BCUT2D eigenvalue weighted by molar-refractivity contribution is 7.90. The quantitative estimate of drug-likeness (QED) is 0.856. The second-order valence-corrected chi connectivity index (χ2v) is 5.65. The van der Waals surface area contributed by atoms with Gasteiger partial charge >= 0.3 is 0 Å². The number of aromatic amines is 1. The molecule has 5 nitrogen and oxygen atoms in total. The minimum Gasteiger partial charge on any atom is -0.268 e. The smallest absolute Gasteiger partial charge is 0.264 e. The number of benzene rings is 1. The van der Waals surface area contributed by atoms with Crippen molar-refractivity contribution >= 4 is 9.84 Å². The minimum atomic E-state index is -3.19. The Bertz CT molecular complexity index is 687. The van der Waals surface area contributed by atoms with E-state index in [9.17, 15) is 13.2 Å². The van der Waals surface area contributed by atoms with Gasteiger partial charge in [0.1, 0.15) is 0 Å². The number of hydrogen-bond donors (Lipinski definition) is 1. The van der Waals surface area contributed by atoms with Crippen LogP contribution >= 0.6 is 0 Å². The predicted octanol–water partition coefficient (Wildman–Crippen LogP) is 0.840. The molecule has 1 aromatic carbocycles. The molecule has 0 saturated carbocycles. The number of rotatable bonds is 2. The van der Waals surface area contributed by atoms with E-state index < -0.39 is 9.84 Å². The third kappa shape index (κ3) is 2.59. The van der Waals surface area contributed by atoms with Gasteiger partial charge in [0.05, 0.1) is 11.1 Å². The molecule has 0 radical (unpaired) electrons. The maximum absolute atomic E-state index is 11.3. The van der Waals surface area contributed by atoms with E-state index in [1.165, 1.54) is 24.4 Å². The number of hydrogen-bond acceptors (Lipinski definition) is 4. The van der Waals surface area contributed by atoms with Crippen LogP contribution in [0.3, 0.4) is 0 Å². The van der Waals surface area contributed by atoms with Gasteiger partial charge in [0.2, 0.25) is 0 Å². The molecule has 1 heterocycles. The Labute approximate surface area is 98.0 Å². The molecule has 0 aliphatic heterocycles. The summed E-state index contributed by atoms with van der Waals surface area (Å²) in [4.78, 5) is 11.3. The van der Waals surface area contributed by atoms with Crippen LogP contribution in [-0.2, 0) is 9.84 Å². The van der Waals surface area contributed by atoms with E-state index in [0.717, 1.165) is 11.8 Å². The maximum Gasteiger partial charge on any atom is 0.264 e. The summed E-state index contributed by atoms with van der Waals surface area (Å²) in [7, 11) is -3.19. The second kappa shape index (κ2) is 4.14. The van der Waals surface area contributed by atoms with Gasteiger partial charge in [-0.1, -0.05) is 12.1 Å². The van der Waals surface area contributed by atoms with Crippen LogP contribution in [0.4, 0.5) is 0 Å². The van der Waals surface area contributed by atoms with E-state index in [1.807, 2.05) is 0 Å². The third-order valence-electron chi connectivity index (χ3n) is 2.28. The normalized spacial score (nSPS) is 11.4. The second-order valence-electron chi connectivity index (χ2n) is 3.63. The lowest BCUT2D eigenvalue weighted by atomic mass is 10.1. The van der Waals surface area contributed by atoms with Crippen molar-refractivity contribution in [2.75, 3.05) is 6.26 Å². The molecule has 0 fully saturated rings. The lowest BCUT2D eigenvalue weighted by Gasteiger charge is -2.02. The molecule has 88 valence electrons. The molecule has 0 bridgehead atoms. The average molecular weight is 250 g/mol. The Hall–Kier alpha value is -1.95. The minimum absolute atomic E-state index is 0.249. The standard InChI is InChI=1S/C11H10N2O3S/c1-17(15,16)10-4-2-8(3-5-10)9-6-11(14)13-12-7-9/h2-7H,1H3,(H,13,14). The SMILES string of the molecule is CS(=O)(=O)c1ccc(-c2cn[nH]c(=O)c2)cc1. The Morgan fingerprint density at radius 3 is 2.29 bits per heavy atom. The molecule has 6 heteroatoms. The van der Waals surface area contributed by atoms with Gasteiger partial charge in [0.25, 0.3) is 5.56 Å². The van der Waals surface area contributed by atoms with Crippen molar-refractivity contribution in [3.63, 3.8) is 0 Å². The zero-order chi connectivity index (χ0) is 12.5. The van der Waals surface area contributed by atoms with E-state index in [1.54, 1.807) is 12.1 Å². The summed E-state index contributed by atoms with van der Waals surface area (Å²) in [5, 5.41) is 5.95. The highest BCUT2D eigenvalue weighted by Crippen LogP contribution is 2.18. The number of H-pyrrole nitrogens is 1. The van der Waals surface area contributed by atoms with Crippen LogP contribution in [-0.4, -0.2) is 24.9 Å². The average Bonchev–Trinajstić information content (AvgIpc) is 2.28. The summed E-state index contributed by atoms with van der Waals surface area (Å²) in [6, 6.07) is 7.71. The lowest BCUT2D eigenvalue weighted by molar-refractivity contribution is 0.602. The highest BCUT2D eigenvalue weighted by Gasteiger charge is 2.06. The first-order valence-electron chi connectivity index (χ1n) is 4.82. The zero-order valence-corrected chi connectivity index (χ0v) is 9.86. The summed E-state index contributed by atoms with van der Waals surface area (Å²) >= 11 is 0. The van der Waals surface area contributed by atoms with Crippen molar-refractivity contribution in [3.05, 3.63) is 46.9 Å². The van der Waals surface area contributed by atoms with Crippen LogP contribution in [0, 0.1) is 0 Å². The fourth-order valence-electron chi connectivity index (χ4n) is 1.43. The molecule has 0 aliphatic carbocycles. The van der Waals surface area contributed by atoms with E-state index in [2.05, 4.69) is 10.2 Å². The molecular weight excluding hydrogens is 240 g/mol. The monoisotopic (exact) mass is 250 g/mol. The largest absolute Gasteiger partial charge is 0.268 e. The molecule has 17 heavy (non-hydrogen) atoms. The van der Waals surface area contributed by atoms with Crippen LogP contribution in [0.5, 0.6) is 0 Å². The first-order chi connectivity index (χ1) is 7.97. The van der Waals surface area contributed by atoms with Gasteiger partial charge in [-0.2, -0.15) is 5.10 Å². The van der Waals surface area contributed by atoms with Crippen LogP contribution in [0.1, 0.15) is 0 Å². The summed E-state index contributed by atoms with van der Waals surface area (Å²) in [6.07, 6.45) is 2.66. The Morgan fingerprint density at radius 1 is 1.12 bits per heavy atom. The van der Waals surface area contributed by atoms with E-state index >= 15 is 0 Å². The maximum atomic E-state index is 11.3. The topological polar surface area (TPSA) is 79.9 Å². The molecule has 0 unspecified atom stereocenters. The van der Waals surface area contributed by atoms with Crippen molar-refractivity contribution in [1.82, 2.24) is 10.2 Å². The van der Waals surface area contributed by atoms with Gasteiger partial charge in [0, 0.05) is 17.9 Å². The summed E-state index contributed by atoms with van der Waals surface area (Å²) < 4.78 is 22.5. The highest BCUT2D eigenvalue weighted by atomic mass is 32.2. The molecule has 2 aromatic rings. The molecule has 0 aliphatic rings. The number of nitrogens with zero attached hydrogens (tertiary/aromatic N) is 1. The van der Waals surface area contributed by atoms with Crippen LogP contribution in [0.25, 0.3) is 11.1 Å². The van der Waals surface area contributed by atoms with E-state index in [-0.39, 0.29) is 10.5 Å². The molecular formula is C11H10N2O3S. The molecule has 1 N–H and O–H groups in total. The Morgan fingerprint density at radius 2 is 1.76 bits per heavy atom. The van der Waals surface area contributed by atoms with Gasteiger partial charge in [-0.25, -0.2) is 13.5 Å². The van der Waals surface area contributed by atoms with Gasteiger partial charge < -0.3 is 0 Å². The summed E-state index contributed by atoms with van der Waals surface area (Å²) in [6.45, 7) is 0. The van der Waals surface area contributed by atoms with Crippen molar-refractivity contribution in [1.29, 1.82) is 0 Å². The van der Waals surface area contributed by atoms with Crippen LogP contribution in [0.15, 0.2) is 46.2 Å². The van der Waals surface area contributed by atoms with Gasteiger partial charge in [0.15, 0.2) is 9.84 Å². The molecule has 0 saturated heterocycles. The molecule has 0 amide bonds. The Balaban J connectivity index is 2.46. The van der Waals surface area contributed by atoms with E-state index in [4.69, 9.17) is 0 Å². The molecule has 2 rings (SSSR count). The molecule has 1 aromatic heterocycles. The zero-order valence-electron chi connectivity index (χ0n) is 9.04. The van der Waals surface area contributed by atoms with Gasteiger partial charge in [-0.3, -0.25) is 4.79 Å². The number of aromatic nitrogens is 2. The molecule has 0 atom stereocenters. The predicted molar refractivity (Wildman–Crippen MR) is 63.4 cm³/mol. The van der Waals surface area contributed by atoms with Crippen LogP contribution in [0.2, 0.25) is 0 Å². The van der Waals surface area contributed by atoms with Crippen molar-refractivity contribution in [2.45, 2.75) is 4.90 Å². The first-order valence-corrected chi connectivity index (χ1v) is 6.71. The van der Waals surface area contributed by atoms with Crippen LogP contribution < -0.4 is 5.56 Å². The van der Waals surface area contributed by atoms with E-state index in [0.29, 0.717) is 5.56 Å². The third-order valence-corrected chi connectivity index (χ3v) is 3.41. The van der Waals surface area contributed by atoms with Crippen molar-refractivity contribution in [3.8, 4) is 11.1 Å². The van der Waals surface area contributed by atoms with Crippen molar-refractivity contribution in [2.24, 2.45) is 0 Å². The first kappa shape index (κ1) is 11.5. The van der Waals surface area contributed by atoms with Crippen molar-refractivity contribution < 1.29 is 8.42 Å². The van der Waals surface area contributed by atoms with Gasteiger partial charge in [-0.05, 0) is 17.7 Å². The fourth-order valence-corrected chi connectivity index (χ4v) is 2.06. The fraction of sp³-hybridized carbons (Fsp3) is 0.0909. The summed E-state index contributed by atoms with van der Waals surface area (Å²) in [5.74, 6) is 0. The number of sulfone groups is 1.